The number of amidine groups is 1. The van der Waals surface area contributed by atoms with Gasteiger partial charge in [-0.05, 0) is 49.9 Å². The van der Waals surface area contributed by atoms with E-state index in [2.05, 4.69) is 61.4 Å². The Morgan fingerprint density at radius 3 is 2.45 bits per heavy atom. The molecule has 0 radical (unpaired) electrons. The minimum absolute atomic E-state index is 0.116. The van der Waals surface area contributed by atoms with E-state index in [-0.39, 0.29) is 5.41 Å². The highest BCUT2D eigenvalue weighted by Gasteiger charge is 2.31. The molecule has 1 N–H and O–H groups in total. The number of rotatable bonds is 7. The van der Waals surface area contributed by atoms with Gasteiger partial charge in [0.15, 0.2) is 0 Å². The molecule has 0 spiro atoms. The largest absolute Gasteiger partial charge is 0.443 e. The van der Waals surface area contributed by atoms with Crippen molar-refractivity contribution < 1.29 is 4.74 Å². The fourth-order valence-electron chi connectivity index (χ4n) is 3.17. The van der Waals surface area contributed by atoms with Crippen LogP contribution in [0.15, 0.2) is 17.1 Å². The third kappa shape index (κ3) is 4.79. The Kier molecular flexibility index (Phi) is 7.43. The molecule has 2 aromatic rings. The van der Waals surface area contributed by atoms with Crippen LogP contribution in [-0.4, -0.2) is 17.3 Å². The number of aliphatic imine (C=N–C) groups is 1. The van der Waals surface area contributed by atoms with E-state index in [1.807, 2.05) is 19.9 Å². The molecule has 6 heteroatoms. The summed E-state index contributed by atoms with van der Waals surface area (Å²) in [6.07, 6.45) is 1.86. The molecule has 0 aliphatic carbocycles. The van der Waals surface area contributed by atoms with E-state index >= 15 is 0 Å². The normalized spacial score (nSPS) is 12.2. The molecule has 156 valence electrons. The lowest BCUT2D eigenvalue weighted by Crippen LogP contribution is -2.21. The highest BCUT2D eigenvalue weighted by molar-refractivity contribution is 7.08. The van der Waals surface area contributed by atoms with Crippen LogP contribution in [0.3, 0.4) is 0 Å². The second-order valence-electron chi connectivity index (χ2n) is 8.00. The van der Waals surface area contributed by atoms with Crippen molar-refractivity contribution in [2.45, 2.75) is 66.7 Å². The first kappa shape index (κ1) is 22.9. The van der Waals surface area contributed by atoms with Gasteiger partial charge in [0.1, 0.15) is 23.2 Å². The van der Waals surface area contributed by atoms with Gasteiger partial charge in [0.25, 0.3) is 0 Å². The zero-order valence-corrected chi connectivity index (χ0v) is 19.6. The third-order valence-electron chi connectivity index (χ3n) is 5.68. The van der Waals surface area contributed by atoms with Gasteiger partial charge < -0.3 is 10.1 Å². The zero-order chi connectivity index (χ0) is 21.8. The smallest absolute Gasteiger partial charge is 0.218 e. The summed E-state index contributed by atoms with van der Waals surface area (Å²) in [4.78, 5) is 4.34. The predicted molar refractivity (Wildman–Crippen MR) is 123 cm³/mol. The summed E-state index contributed by atoms with van der Waals surface area (Å²) in [6.45, 7) is 14.7. The average molecular weight is 413 g/mol. The monoisotopic (exact) mass is 412 g/mol. The molecule has 1 aromatic carbocycles. The van der Waals surface area contributed by atoms with Crippen LogP contribution in [0.4, 0.5) is 5.69 Å². The van der Waals surface area contributed by atoms with E-state index in [9.17, 15) is 5.26 Å². The predicted octanol–water partition coefficient (Wildman–Crippen LogP) is 6.60. The van der Waals surface area contributed by atoms with E-state index < -0.39 is 0 Å². The number of nitrogens with one attached hydrogen (secondary N) is 1. The van der Waals surface area contributed by atoms with Crippen molar-refractivity contribution in [2.24, 2.45) is 10.9 Å². The van der Waals surface area contributed by atoms with Gasteiger partial charge in [0, 0.05) is 35.6 Å². The standard InChI is InChI=1S/C23H32N4OS/c1-9-23(7,10-2)20-17(13-24)22(29-27-20)28-19-12-15(5)18(11-16(19)6)26-21(25-8)14(3)4/h11-12,14H,9-10H2,1-8H3,(H,25,26). The first-order valence-corrected chi connectivity index (χ1v) is 10.9. The first-order valence-electron chi connectivity index (χ1n) is 10.1. The number of aromatic nitrogens is 1. The van der Waals surface area contributed by atoms with Crippen LogP contribution in [0.5, 0.6) is 10.8 Å². The summed E-state index contributed by atoms with van der Waals surface area (Å²) in [5.41, 5.74) is 4.35. The van der Waals surface area contributed by atoms with Gasteiger partial charge in [-0.15, -0.1) is 0 Å². The van der Waals surface area contributed by atoms with Crippen molar-refractivity contribution in [3.63, 3.8) is 0 Å². The zero-order valence-electron chi connectivity index (χ0n) is 18.8. The van der Waals surface area contributed by atoms with Crippen LogP contribution in [-0.2, 0) is 5.41 Å². The van der Waals surface area contributed by atoms with E-state index in [0.29, 0.717) is 16.5 Å². The molecule has 1 heterocycles. The maximum atomic E-state index is 9.78. The highest BCUT2D eigenvalue weighted by atomic mass is 32.1. The van der Waals surface area contributed by atoms with Crippen molar-refractivity contribution in [2.75, 3.05) is 12.4 Å². The molecule has 0 bridgehead atoms. The molecule has 2 rings (SSSR count). The topological polar surface area (TPSA) is 70.3 Å². The lowest BCUT2D eigenvalue weighted by molar-refractivity contribution is 0.426. The van der Waals surface area contributed by atoms with E-state index in [1.54, 1.807) is 7.05 Å². The van der Waals surface area contributed by atoms with Gasteiger partial charge in [-0.3, -0.25) is 4.99 Å². The van der Waals surface area contributed by atoms with E-state index in [0.717, 1.165) is 46.9 Å². The van der Waals surface area contributed by atoms with Gasteiger partial charge in [-0.2, -0.15) is 9.64 Å². The quantitative estimate of drug-likeness (QED) is 0.411. The summed E-state index contributed by atoms with van der Waals surface area (Å²) in [6, 6.07) is 6.39. The van der Waals surface area contributed by atoms with Gasteiger partial charge in [-0.25, -0.2) is 0 Å². The summed E-state index contributed by atoms with van der Waals surface area (Å²) >= 11 is 1.26. The average Bonchev–Trinajstić information content (AvgIpc) is 3.11. The van der Waals surface area contributed by atoms with Gasteiger partial charge in [0.2, 0.25) is 5.06 Å². The van der Waals surface area contributed by atoms with Crippen molar-refractivity contribution in [1.29, 1.82) is 5.26 Å². The first-order chi connectivity index (χ1) is 13.7. The molecular formula is C23H32N4OS. The summed E-state index contributed by atoms with van der Waals surface area (Å²) in [7, 11) is 1.80. The number of ether oxygens (including phenoxy) is 1. The maximum Gasteiger partial charge on any atom is 0.218 e. The van der Waals surface area contributed by atoms with Crippen molar-refractivity contribution in [3.8, 4) is 16.9 Å². The van der Waals surface area contributed by atoms with Crippen LogP contribution in [0.25, 0.3) is 0 Å². The fourth-order valence-corrected chi connectivity index (χ4v) is 4.02. The van der Waals surface area contributed by atoms with Crippen molar-refractivity contribution in [3.05, 3.63) is 34.5 Å². The van der Waals surface area contributed by atoms with Crippen molar-refractivity contribution in [1.82, 2.24) is 4.37 Å². The lowest BCUT2D eigenvalue weighted by Gasteiger charge is -2.24. The van der Waals surface area contributed by atoms with Gasteiger partial charge >= 0.3 is 0 Å². The van der Waals surface area contributed by atoms with Gasteiger partial charge in [0.05, 0.1) is 5.69 Å². The number of hydrogen-bond donors (Lipinski definition) is 1. The molecule has 0 saturated carbocycles. The second-order valence-corrected chi connectivity index (χ2v) is 8.73. The Hall–Kier alpha value is -2.39. The fraction of sp³-hybridized carbons (Fsp3) is 0.522. The Balaban J connectivity index is 2.38. The molecule has 29 heavy (non-hydrogen) atoms. The van der Waals surface area contributed by atoms with E-state index in [4.69, 9.17) is 4.74 Å². The minimum atomic E-state index is -0.116. The number of hydrogen-bond acceptors (Lipinski definition) is 5. The molecule has 1 aromatic heterocycles. The SMILES string of the molecule is CCC(C)(CC)c1nsc(Oc2cc(C)c(NC(=NC)C(C)C)cc2C)c1C#N. The van der Waals surface area contributed by atoms with Crippen LogP contribution >= 0.6 is 11.5 Å². The molecule has 5 nitrogen and oxygen atoms in total. The van der Waals surface area contributed by atoms with Crippen molar-refractivity contribution >= 4 is 23.1 Å². The molecule has 0 aliphatic heterocycles. The third-order valence-corrected chi connectivity index (χ3v) is 6.41. The molecule has 0 amide bonds. The van der Waals surface area contributed by atoms with Crippen LogP contribution in [0.1, 0.15) is 69.8 Å². The number of anilines is 1. The Labute approximate surface area is 179 Å². The molecule has 0 saturated heterocycles. The van der Waals surface area contributed by atoms with Crippen LogP contribution in [0.2, 0.25) is 0 Å². The second kappa shape index (κ2) is 9.41. The molecule has 0 atom stereocenters. The summed E-state index contributed by atoms with van der Waals surface area (Å²) in [5, 5.41) is 13.8. The molecule has 0 fully saturated rings. The van der Waals surface area contributed by atoms with Gasteiger partial charge in [-0.1, -0.05) is 34.6 Å². The Bertz CT molecular complexity index is 933. The lowest BCUT2D eigenvalue weighted by atomic mass is 9.80. The molecular weight excluding hydrogens is 380 g/mol. The molecule has 0 aliphatic rings. The maximum absolute atomic E-state index is 9.78. The number of benzene rings is 1. The summed E-state index contributed by atoms with van der Waals surface area (Å²) in [5.74, 6) is 2.00. The molecule has 0 unspecified atom stereocenters. The Morgan fingerprint density at radius 1 is 1.28 bits per heavy atom. The number of nitrogens with zero attached hydrogens (tertiary/aromatic N) is 3. The van der Waals surface area contributed by atoms with Crippen LogP contribution < -0.4 is 10.1 Å². The number of aryl methyl sites for hydroxylation is 2. The van der Waals surface area contributed by atoms with E-state index in [1.165, 1.54) is 11.5 Å². The number of nitriles is 1. The highest BCUT2D eigenvalue weighted by Crippen LogP contribution is 2.41. The Morgan fingerprint density at radius 2 is 1.93 bits per heavy atom. The van der Waals surface area contributed by atoms with Crippen LogP contribution in [0, 0.1) is 31.1 Å². The minimum Gasteiger partial charge on any atom is -0.443 e. The summed E-state index contributed by atoms with van der Waals surface area (Å²) < 4.78 is 10.8.